The van der Waals surface area contributed by atoms with E-state index >= 15 is 0 Å². The zero-order chi connectivity index (χ0) is 26.0. The van der Waals surface area contributed by atoms with Gasteiger partial charge in [-0.1, -0.05) is 30.0 Å². The number of nitrogens with zero attached hydrogens (tertiary/aromatic N) is 2. The summed E-state index contributed by atoms with van der Waals surface area (Å²) in [6, 6.07) is 11.6. The number of pyridine rings is 1. The molecule has 198 valence electrons. The van der Waals surface area contributed by atoms with Gasteiger partial charge in [-0.05, 0) is 31.2 Å². The number of fused-ring (bicyclic) bond motifs is 1. The van der Waals surface area contributed by atoms with Gasteiger partial charge in [0.2, 0.25) is 0 Å². The predicted molar refractivity (Wildman–Crippen MR) is 158 cm³/mol. The van der Waals surface area contributed by atoms with Gasteiger partial charge in [-0.2, -0.15) is 11.8 Å². The van der Waals surface area contributed by atoms with Crippen LogP contribution in [0.2, 0.25) is 0 Å². The lowest BCUT2D eigenvalue weighted by Crippen LogP contribution is -2.37. The number of carbonyl (C=O) groups is 1. The normalized spacial score (nSPS) is 17.6. The average Bonchev–Trinajstić information content (AvgIpc) is 3.56. The Labute approximate surface area is 231 Å². The van der Waals surface area contributed by atoms with Crippen molar-refractivity contribution in [1.29, 1.82) is 0 Å². The molecule has 1 saturated heterocycles. The molecule has 0 radical (unpaired) electrons. The van der Waals surface area contributed by atoms with Gasteiger partial charge in [0.05, 0.1) is 30.0 Å². The first-order valence-corrected chi connectivity index (χ1v) is 14.8. The van der Waals surface area contributed by atoms with Gasteiger partial charge in [-0.3, -0.25) is 4.99 Å². The van der Waals surface area contributed by atoms with Crippen LogP contribution in [0.25, 0.3) is 10.9 Å². The average molecular weight is 560 g/mol. The fourth-order valence-electron chi connectivity index (χ4n) is 4.07. The minimum atomic E-state index is -0.367. The highest BCUT2D eigenvalue weighted by atomic mass is 32.2. The molecule has 3 aromatic rings. The van der Waals surface area contributed by atoms with E-state index in [0.717, 1.165) is 45.1 Å². The number of H-pyrrole nitrogens is 2. The van der Waals surface area contributed by atoms with Crippen LogP contribution in [0.1, 0.15) is 12.6 Å². The number of aromatic nitrogens is 2. The number of carbonyl (C=O) groups excluding carboxylic acids is 1. The zero-order valence-corrected chi connectivity index (χ0v) is 23.6. The van der Waals surface area contributed by atoms with Crippen LogP contribution >= 0.6 is 35.7 Å². The second-order valence-electron chi connectivity index (χ2n) is 8.49. The summed E-state index contributed by atoms with van der Waals surface area (Å²) in [6.45, 7) is 6.37. The van der Waals surface area contributed by atoms with Gasteiger partial charge in [0.25, 0.3) is 0 Å². The van der Waals surface area contributed by atoms with E-state index in [2.05, 4.69) is 26.3 Å². The lowest BCUT2D eigenvalue weighted by Gasteiger charge is -2.28. The molecule has 4 heterocycles. The van der Waals surface area contributed by atoms with Gasteiger partial charge in [-0.25, -0.2) is 4.79 Å². The molecule has 11 heteroatoms. The van der Waals surface area contributed by atoms with Crippen LogP contribution in [-0.2, 0) is 9.53 Å². The van der Waals surface area contributed by atoms with Crippen LogP contribution in [0, 0.1) is 4.64 Å². The van der Waals surface area contributed by atoms with Crippen molar-refractivity contribution in [1.82, 2.24) is 14.9 Å². The highest BCUT2D eigenvalue weighted by Crippen LogP contribution is 2.33. The van der Waals surface area contributed by atoms with Gasteiger partial charge in [0.15, 0.2) is 6.61 Å². The van der Waals surface area contributed by atoms with Gasteiger partial charge in [0.1, 0.15) is 15.4 Å². The van der Waals surface area contributed by atoms with E-state index in [1.165, 1.54) is 24.6 Å². The van der Waals surface area contributed by atoms with Gasteiger partial charge in [0, 0.05) is 61.1 Å². The van der Waals surface area contributed by atoms with E-state index in [1.807, 2.05) is 67.1 Å². The van der Waals surface area contributed by atoms with E-state index < -0.39 is 0 Å². The predicted octanol–water partition coefficient (Wildman–Crippen LogP) is 4.81. The number of aromatic amines is 2. The van der Waals surface area contributed by atoms with Crippen molar-refractivity contribution in [2.45, 2.75) is 12.2 Å². The van der Waals surface area contributed by atoms with Crippen molar-refractivity contribution < 1.29 is 14.3 Å². The molecule has 1 unspecified atom stereocenters. The number of hydrogen-bond donors (Lipinski definition) is 3. The zero-order valence-electron chi connectivity index (χ0n) is 21.1. The smallest absolute Gasteiger partial charge is 0.344 e. The van der Waals surface area contributed by atoms with Crippen LogP contribution in [0.5, 0.6) is 5.75 Å². The number of hydrogen-bond acceptors (Lipinski definition) is 9. The SMILES string of the molecule is CCOC(=O)COc1cc(NC)c2[nH]c(C3=NCC(CN4CCSCC4)S3)cc2c1.S=c1cccc[nH]1. The van der Waals surface area contributed by atoms with Gasteiger partial charge in [-0.15, -0.1) is 0 Å². The number of thioether (sulfide) groups is 2. The highest BCUT2D eigenvalue weighted by molar-refractivity contribution is 8.15. The Kier molecular flexibility index (Phi) is 10.4. The summed E-state index contributed by atoms with van der Waals surface area (Å²) in [4.78, 5) is 25.3. The Hall–Kier alpha value is -2.47. The molecule has 2 aliphatic heterocycles. The molecule has 3 N–H and O–H groups in total. The third-order valence-electron chi connectivity index (χ3n) is 5.83. The molecule has 1 atom stereocenters. The summed E-state index contributed by atoms with van der Waals surface area (Å²) in [7, 11) is 1.87. The molecule has 0 spiro atoms. The number of rotatable bonds is 8. The molecule has 2 aromatic heterocycles. The van der Waals surface area contributed by atoms with Crippen molar-refractivity contribution in [3.05, 3.63) is 52.9 Å². The monoisotopic (exact) mass is 559 g/mol. The van der Waals surface area contributed by atoms with Gasteiger partial charge < -0.3 is 29.7 Å². The van der Waals surface area contributed by atoms with E-state index in [4.69, 9.17) is 26.7 Å². The Morgan fingerprint density at radius 1 is 1.27 bits per heavy atom. The fraction of sp³-hybridized carbons (Fsp3) is 0.423. The molecule has 0 saturated carbocycles. The maximum absolute atomic E-state index is 11.6. The number of ether oxygens (including phenoxy) is 2. The quantitative estimate of drug-likeness (QED) is 0.268. The molecule has 0 amide bonds. The number of esters is 1. The summed E-state index contributed by atoms with van der Waals surface area (Å²) in [6.07, 6.45) is 1.81. The molecular formula is C26H33N5O3S3. The Balaban J connectivity index is 0.000000396. The first-order chi connectivity index (χ1) is 18.1. The first-order valence-electron chi connectivity index (χ1n) is 12.3. The van der Waals surface area contributed by atoms with E-state index in [9.17, 15) is 4.79 Å². The Morgan fingerprint density at radius 3 is 2.78 bits per heavy atom. The molecule has 0 bridgehead atoms. The van der Waals surface area contributed by atoms with E-state index in [0.29, 0.717) is 17.6 Å². The number of benzene rings is 1. The summed E-state index contributed by atoms with van der Waals surface area (Å²) in [5.41, 5.74) is 2.96. The van der Waals surface area contributed by atoms with Crippen molar-refractivity contribution in [3.8, 4) is 5.75 Å². The second-order valence-corrected chi connectivity index (χ2v) is 11.4. The van der Waals surface area contributed by atoms with Crippen molar-refractivity contribution in [2.75, 3.05) is 63.3 Å². The summed E-state index contributed by atoms with van der Waals surface area (Å²) in [5.74, 6) is 2.74. The molecular weight excluding hydrogens is 527 g/mol. The first kappa shape index (κ1) is 27.6. The van der Waals surface area contributed by atoms with Crippen molar-refractivity contribution >= 4 is 63.3 Å². The summed E-state index contributed by atoms with van der Waals surface area (Å²) >= 11 is 8.67. The lowest BCUT2D eigenvalue weighted by atomic mass is 10.2. The molecule has 0 aliphatic carbocycles. The maximum Gasteiger partial charge on any atom is 0.344 e. The van der Waals surface area contributed by atoms with Crippen LogP contribution in [0.15, 0.2) is 47.6 Å². The highest BCUT2D eigenvalue weighted by Gasteiger charge is 2.25. The number of nitrogens with one attached hydrogen (secondary N) is 3. The van der Waals surface area contributed by atoms with E-state index in [-0.39, 0.29) is 12.6 Å². The topological polar surface area (TPSA) is 94.7 Å². The van der Waals surface area contributed by atoms with Crippen LogP contribution in [-0.4, -0.2) is 89.1 Å². The third-order valence-corrected chi connectivity index (χ3v) is 8.23. The van der Waals surface area contributed by atoms with Crippen LogP contribution < -0.4 is 10.1 Å². The van der Waals surface area contributed by atoms with Crippen molar-refractivity contribution in [3.63, 3.8) is 0 Å². The minimum absolute atomic E-state index is 0.0982. The maximum atomic E-state index is 11.6. The molecule has 1 aromatic carbocycles. The molecule has 37 heavy (non-hydrogen) atoms. The minimum Gasteiger partial charge on any atom is -0.482 e. The molecule has 2 aliphatic rings. The second kappa shape index (κ2) is 13.9. The molecule has 1 fully saturated rings. The third kappa shape index (κ3) is 8.00. The standard InChI is InChI=1S/C21H28N4O3S2.C5H5NS/c1-3-27-19(26)13-28-15-8-14-9-18(24-20(14)17(10-15)22-2)21-23-11-16(30-21)12-25-4-6-29-7-5-25;7-5-3-1-2-4-6-5/h8-10,16,22,24H,3-7,11-13H2,1-2H3;1-4H,(H,6,7). The fourth-order valence-corrected chi connectivity index (χ4v) is 6.33. The largest absolute Gasteiger partial charge is 0.482 e. The summed E-state index contributed by atoms with van der Waals surface area (Å²) < 4.78 is 11.4. The Bertz CT molecular complexity index is 1250. The van der Waals surface area contributed by atoms with Gasteiger partial charge >= 0.3 is 5.97 Å². The van der Waals surface area contributed by atoms with Crippen LogP contribution in [0.4, 0.5) is 5.69 Å². The van der Waals surface area contributed by atoms with Crippen LogP contribution in [0.3, 0.4) is 0 Å². The molecule has 8 nitrogen and oxygen atoms in total. The number of anilines is 1. The van der Waals surface area contributed by atoms with E-state index in [1.54, 1.807) is 6.92 Å². The Morgan fingerprint density at radius 2 is 2.11 bits per heavy atom. The number of aliphatic imine (C=N–C) groups is 1. The summed E-state index contributed by atoms with van der Waals surface area (Å²) in [5, 5.41) is 5.81. The lowest BCUT2D eigenvalue weighted by molar-refractivity contribution is -0.145. The van der Waals surface area contributed by atoms with Crippen molar-refractivity contribution in [2.24, 2.45) is 4.99 Å². The molecule has 5 rings (SSSR count).